The van der Waals surface area contributed by atoms with Crippen LogP contribution < -0.4 is 5.32 Å². The van der Waals surface area contributed by atoms with Gasteiger partial charge in [-0.1, -0.05) is 13.8 Å². The van der Waals surface area contributed by atoms with Gasteiger partial charge in [0.2, 0.25) is 5.13 Å². The van der Waals surface area contributed by atoms with Crippen LogP contribution in [0, 0.1) is 12.3 Å². The van der Waals surface area contributed by atoms with E-state index >= 15 is 0 Å². The predicted octanol–water partition coefficient (Wildman–Crippen LogP) is 2.10. The molecule has 0 fully saturated rings. The van der Waals surface area contributed by atoms with E-state index in [0.29, 0.717) is 5.92 Å². The molecule has 0 saturated heterocycles. The topological polar surface area (TPSA) is 37.8 Å². The molecule has 70 valence electrons. The molecule has 0 aliphatic heterocycles. The van der Waals surface area contributed by atoms with Gasteiger partial charge >= 0.3 is 0 Å². The van der Waals surface area contributed by atoms with Crippen LogP contribution >= 0.6 is 11.5 Å². The molecule has 0 aliphatic rings. The number of anilines is 1. The number of hydrogen-bond acceptors (Lipinski definition) is 4. The van der Waals surface area contributed by atoms with E-state index in [1.165, 1.54) is 11.5 Å². The van der Waals surface area contributed by atoms with Crippen molar-refractivity contribution in [3.05, 3.63) is 5.82 Å². The highest BCUT2D eigenvalue weighted by Gasteiger charge is 2.06. The summed E-state index contributed by atoms with van der Waals surface area (Å²) in [6, 6.07) is 0. The third-order valence-corrected chi connectivity index (χ3v) is 2.19. The molecule has 3 nitrogen and oxygen atoms in total. The van der Waals surface area contributed by atoms with Crippen molar-refractivity contribution in [3.63, 3.8) is 0 Å². The summed E-state index contributed by atoms with van der Waals surface area (Å²) in [5, 5.41) is 3.98. The number of rotatable bonds is 4. The number of hydrogen-bond donors (Lipinski definition) is 1. The first-order valence-electron chi connectivity index (χ1n) is 4.25. The fourth-order valence-corrected chi connectivity index (χ4v) is 1.52. The van der Waals surface area contributed by atoms with Crippen molar-refractivity contribution in [2.24, 2.45) is 0 Å². The van der Waals surface area contributed by atoms with E-state index in [0.717, 1.165) is 23.9 Å². The van der Waals surface area contributed by atoms with Crippen LogP contribution in [0.1, 0.15) is 32.0 Å². The highest BCUT2D eigenvalue weighted by Crippen LogP contribution is 2.16. The second-order valence-electron chi connectivity index (χ2n) is 2.99. The first kappa shape index (κ1) is 10.0. The molecule has 0 bridgehead atoms. The van der Waals surface area contributed by atoms with E-state index in [4.69, 9.17) is 6.42 Å². The summed E-state index contributed by atoms with van der Waals surface area (Å²) in [6.45, 7) is 4.92. The molecule has 1 aromatic heterocycles. The Morgan fingerprint density at radius 1 is 1.62 bits per heavy atom. The molecule has 0 aliphatic carbocycles. The average Bonchev–Trinajstić information content (AvgIpc) is 2.53. The summed E-state index contributed by atoms with van der Waals surface area (Å²) >= 11 is 1.39. The van der Waals surface area contributed by atoms with Gasteiger partial charge in [-0.3, -0.25) is 0 Å². The Morgan fingerprint density at radius 2 is 2.38 bits per heavy atom. The van der Waals surface area contributed by atoms with E-state index in [1.54, 1.807) is 0 Å². The maximum atomic E-state index is 5.12. The first-order valence-corrected chi connectivity index (χ1v) is 5.02. The fourth-order valence-electron chi connectivity index (χ4n) is 0.783. The molecule has 0 amide bonds. The zero-order valence-corrected chi connectivity index (χ0v) is 8.69. The molecule has 0 saturated carbocycles. The number of terminal acetylenes is 1. The lowest BCUT2D eigenvalue weighted by molar-refractivity contribution is 0.799. The van der Waals surface area contributed by atoms with Crippen LogP contribution in [-0.4, -0.2) is 15.9 Å². The van der Waals surface area contributed by atoms with E-state index < -0.39 is 0 Å². The van der Waals surface area contributed by atoms with Crippen molar-refractivity contribution in [3.8, 4) is 12.3 Å². The highest BCUT2D eigenvalue weighted by molar-refractivity contribution is 7.09. The van der Waals surface area contributed by atoms with Gasteiger partial charge in [0.15, 0.2) is 0 Å². The lowest BCUT2D eigenvalue weighted by Gasteiger charge is -1.97. The molecule has 13 heavy (non-hydrogen) atoms. The van der Waals surface area contributed by atoms with Crippen LogP contribution in [0.15, 0.2) is 0 Å². The van der Waals surface area contributed by atoms with E-state index in [2.05, 4.69) is 34.4 Å². The smallest absolute Gasteiger partial charge is 0.202 e. The summed E-state index contributed by atoms with van der Waals surface area (Å²) in [7, 11) is 0. The maximum Gasteiger partial charge on any atom is 0.202 e. The Balaban J connectivity index is 2.45. The van der Waals surface area contributed by atoms with Crippen LogP contribution in [0.5, 0.6) is 0 Å². The number of aromatic nitrogens is 2. The first-order chi connectivity index (χ1) is 6.24. The van der Waals surface area contributed by atoms with Crippen molar-refractivity contribution in [2.45, 2.75) is 26.2 Å². The zero-order valence-electron chi connectivity index (χ0n) is 7.87. The van der Waals surface area contributed by atoms with Crippen molar-refractivity contribution >= 4 is 16.7 Å². The van der Waals surface area contributed by atoms with Gasteiger partial charge in [0.25, 0.3) is 0 Å². The van der Waals surface area contributed by atoms with Crippen molar-refractivity contribution < 1.29 is 0 Å². The minimum atomic E-state index is 0.388. The van der Waals surface area contributed by atoms with Crippen molar-refractivity contribution in [1.29, 1.82) is 0 Å². The molecule has 1 N–H and O–H groups in total. The quantitative estimate of drug-likeness (QED) is 0.590. The Bertz CT molecular complexity index is 298. The standard InChI is InChI=1S/C9H13N3S/c1-4-5-6-10-9-11-8(7(2)3)12-13-9/h1,7H,5-6H2,2-3H3,(H,10,11,12). The maximum absolute atomic E-state index is 5.12. The molecule has 0 radical (unpaired) electrons. The van der Waals surface area contributed by atoms with Crippen LogP contribution in [0.4, 0.5) is 5.13 Å². The minimum absolute atomic E-state index is 0.388. The molecule has 1 heterocycles. The van der Waals surface area contributed by atoms with Crippen LogP contribution in [0.3, 0.4) is 0 Å². The van der Waals surface area contributed by atoms with Gasteiger partial charge in [0.05, 0.1) is 0 Å². The van der Waals surface area contributed by atoms with Gasteiger partial charge in [-0.2, -0.15) is 4.37 Å². The lowest BCUT2D eigenvalue weighted by Crippen LogP contribution is -2.00. The van der Waals surface area contributed by atoms with Crippen LogP contribution in [0.2, 0.25) is 0 Å². The highest BCUT2D eigenvalue weighted by atomic mass is 32.1. The summed E-state index contributed by atoms with van der Waals surface area (Å²) in [5.41, 5.74) is 0. The Morgan fingerprint density at radius 3 is 2.92 bits per heavy atom. The molecule has 0 aromatic carbocycles. The van der Waals surface area contributed by atoms with Gasteiger partial charge in [-0.05, 0) is 0 Å². The molecule has 0 unspecified atom stereocenters. The molecule has 1 rings (SSSR count). The van der Waals surface area contributed by atoms with Crippen LogP contribution in [0.25, 0.3) is 0 Å². The predicted molar refractivity (Wildman–Crippen MR) is 55.9 cm³/mol. The number of nitrogens with one attached hydrogen (secondary N) is 1. The van der Waals surface area contributed by atoms with Crippen molar-refractivity contribution in [1.82, 2.24) is 9.36 Å². The summed E-state index contributed by atoms with van der Waals surface area (Å²) in [5.74, 6) is 3.85. The third-order valence-electron chi connectivity index (χ3n) is 1.50. The van der Waals surface area contributed by atoms with E-state index in [9.17, 15) is 0 Å². The minimum Gasteiger partial charge on any atom is -0.359 e. The molecule has 1 aromatic rings. The molecule has 4 heteroatoms. The van der Waals surface area contributed by atoms with Gasteiger partial charge in [-0.15, -0.1) is 12.3 Å². The molecule has 0 spiro atoms. The zero-order chi connectivity index (χ0) is 9.68. The Hall–Kier alpha value is -1.08. The van der Waals surface area contributed by atoms with Crippen LogP contribution in [-0.2, 0) is 0 Å². The fraction of sp³-hybridized carbons (Fsp3) is 0.556. The molecule has 0 atom stereocenters. The average molecular weight is 195 g/mol. The SMILES string of the molecule is C#CCCNc1nc(C(C)C)ns1. The van der Waals surface area contributed by atoms with Gasteiger partial charge < -0.3 is 5.32 Å². The van der Waals surface area contributed by atoms with Gasteiger partial charge in [0, 0.05) is 30.4 Å². The second kappa shape index (κ2) is 4.83. The lowest BCUT2D eigenvalue weighted by atomic mass is 10.2. The summed E-state index contributed by atoms with van der Waals surface area (Å²) in [4.78, 5) is 4.31. The van der Waals surface area contributed by atoms with E-state index in [1.807, 2.05) is 0 Å². The summed E-state index contributed by atoms with van der Waals surface area (Å²) in [6.07, 6.45) is 5.84. The Kier molecular flexibility index (Phi) is 3.71. The van der Waals surface area contributed by atoms with Gasteiger partial charge in [-0.25, -0.2) is 4.98 Å². The number of nitrogens with zero attached hydrogens (tertiary/aromatic N) is 2. The second-order valence-corrected chi connectivity index (χ2v) is 3.75. The molecular formula is C9H13N3S. The Labute approximate surface area is 82.8 Å². The monoisotopic (exact) mass is 195 g/mol. The largest absolute Gasteiger partial charge is 0.359 e. The van der Waals surface area contributed by atoms with Gasteiger partial charge in [0.1, 0.15) is 5.82 Å². The van der Waals surface area contributed by atoms with E-state index in [-0.39, 0.29) is 0 Å². The molecular weight excluding hydrogens is 182 g/mol. The van der Waals surface area contributed by atoms with Crippen molar-refractivity contribution in [2.75, 3.05) is 11.9 Å². The normalized spacial score (nSPS) is 10.0. The summed E-state index contributed by atoms with van der Waals surface area (Å²) < 4.78 is 4.21. The third kappa shape index (κ3) is 3.03.